The summed E-state index contributed by atoms with van der Waals surface area (Å²) in [6.07, 6.45) is 3.45. The molecule has 0 radical (unpaired) electrons. The van der Waals surface area contributed by atoms with E-state index < -0.39 is 5.92 Å². The van der Waals surface area contributed by atoms with Crippen LogP contribution in [0.25, 0.3) is 10.8 Å². The average Bonchev–Trinajstić information content (AvgIpc) is 2.76. The highest BCUT2D eigenvalue weighted by molar-refractivity contribution is 5.90. The third-order valence-corrected chi connectivity index (χ3v) is 5.02. The molecular formula is C22H19N3O4. The predicted octanol–water partition coefficient (Wildman–Crippen LogP) is 3.48. The number of allylic oxidation sites excluding steroid dienone is 1. The molecule has 0 bridgehead atoms. The monoisotopic (exact) mass is 389 g/mol. The van der Waals surface area contributed by atoms with Crippen molar-refractivity contribution in [2.75, 3.05) is 21.3 Å². The summed E-state index contributed by atoms with van der Waals surface area (Å²) in [7, 11) is 4.65. The van der Waals surface area contributed by atoms with Crippen molar-refractivity contribution in [3.63, 3.8) is 0 Å². The van der Waals surface area contributed by atoms with E-state index in [0.717, 1.165) is 21.9 Å². The number of hydrogen-bond acceptors (Lipinski definition) is 7. The summed E-state index contributed by atoms with van der Waals surface area (Å²) in [5.41, 5.74) is 8.07. The first-order valence-corrected chi connectivity index (χ1v) is 8.87. The Hall–Kier alpha value is -3.92. The van der Waals surface area contributed by atoms with Crippen molar-refractivity contribution in [1.29, 1.82) is 5.26 Å². The third kappa shape index (κ3) is 2.86. The normalized spacial score (nSPS) is 15.3. The van der Waals surface area contributed by atoms with E-state index in [4.69, 9.17) is 24.7 Å². The van der Waals surface area contributed by atoms with Gasteiger partial charge in [0.1, 0.15) is 17.4 Å². The minimum Gasteiger partial charge on any atom is -0.493 e. The van der Waals surface area contributed by atoms with Crippen LogP contribution >= 0.6 is 0 Å². The third-order valence-electron chi connectivity index (χ3n) is 5.02. The summed E-state index contributed by atoms with van der Waals surface area (Å²) in [6, 6.07) is 11.6. The van der Waals surface area contributed by atoms with E-state index in [9.17, 15) is 5.26 Å². The van der Waals surface area contributed by atoms with Gasteiger partial charge in [0, 0.05) is 28.7 Å². The molecule has 2 N–H and O–H groups in total. The van der Waals surface area contributed by atoms with E-state index in [1.807, 2.05) is 30.3 Å². The quantitative estimate of drug-likeness (QED) is 0.729. The summed E-state index contributed by atoms with van der Waals surface area (Å²) >= 11 is 0. The average molecular weight is 389 g/mol. The number of methoxy groups -OCH3 is 3. The maximum absolute atomic E-state index is 9.82. The first-order chi connectivity index (χ1) is 14.1. The Morgan fingerprint density at radius 1 is 1.07 bits per heavy atom. The molecule has 1 aliphatic heterocycles. The topological polar surface area (TPSA) is 99.6 Å². The SMILES string of the molecule is COc1cc(C2C(C#N)=C(N)Oc3c2ccc2cnccc32)cc(OC)c1OC. The van der Waals surface area contributed by atoms with Crippen LogP contribution in [0.15, 0.2) is 54.2 Å². The molecule has 7 nitrogen and oxygen atoms in total. The van der Waals surface area contributed by atoms with E-state index in [0.29, 0.717) is 28.6 Å². The standard InChI is InChI=1S/C22H19N3O4/c1-26-17-8-13(9-18(27-2)21(17)28-3)19-15-5-4-12-11-25-7-6-14(12)20(15)29-22(24)16(19)10-23/h4-9,11,19H,24H2,1-3H3. The van der Waals surface area contributed by atoms with Gasteiger partial charge in [-0.05, 0) is 23.8 Å². The lowest BCUT2D eigenvalue weighted by atomic mass is 9.82. The van der Waals surface area contributed by atoms with E-state index in [1.54, 1.807) is 33.7 Å². The predicted molar refractivity (Wildman–Crippen MR) is 107 cm³/mol. The molecule has 4 rings (SSSR count). The van der Waals surface area contributed by atoms with E-state index >= 15 is 0 Å². The molecular weight excluding hydrogens is 370 g/mol. The Balaban J connectivity index is 2.01. The first-order valence-electron chi connectivity index (χ1n) is 8.87. The zero-order valence-electron chi connectivity index (χ0n) is 16.2. The molecule has 1 aromatic heterocycles. The molecule has 7 heteroatoms. The lowest BCUT2D eigenvalue weighted by Crippen LogP contribution is -2.21. The summed E-state index contributed by atoms with van der Waals surface area (Å²) in [6.45, 7) is 0. The van der Waals surface area contributed by atoms with Crippen LogP contribution < -0.4 is 24.7 Å². The summed E-state index contributed by atoms with van der Waals surface area (Å²) in [5.74, 6) is 1.70. The highest BCUT2D eigenvalue weighted by Gasteiger charge is 2.33. The molecule has 0 spiro atoms. The fraction of sp³-hybridized carbons (Fsp3) is 0.182. The Bertz CT molecular complexity index is 1160. The summed E-state index contributed by atoms with van der Waals surface area (Å²) in [5, 5.41) is 11.6. The minimum atomic E-state index is -0.449. The molecule has 0 fully saturated rings. The number of nitrogens with zero attached hydrogens (tertiary/aromatic N) is 2. The van der Waals surface area contributed by atoms with Crippen molar-refractivity contribution in [2.24, 2.45) is 5.73 Å². The van der Waals surface area contributed by atoms with E-state index in [2.05, 4.69) is 11.1 Å². The van der Waals surface area contributed by atoms with Gasteiger partial charge in [-0.1, -0.05) is 12.1 Å². The van der Waals surface area contributed by atoms with E-state index in [1.165, 1.54) is 0 Å². The number of rotatable bonds is 4. The maximum atomic E-state index is 9.82. The molecule has 0 amide bonds. The second kappa shape index (κ2) is 7.24. The Morgan fingerprint density at radius 2 is 1.79 bits per heavy atom. The molecule has 2 aromatic carbocycles. The van der Waals surface area contributed by atoms with Crippen molar-refractivity contribution < 1.29 is 18.9 Å². The summed E-state index contributed by atoms with van der Waals surface area (Å²) in [4.78, 5) is 4.16. The van der Waals surface area contributed by atoms with Gasteiger partial charge in [-0.3, -0.25) is 4.98 Å². The van der Waals surface area contributed by atoms with Crippen molar-refractivity contribution in [3.05, 3.63) is 65.3 Å². The highest BCUT2D eigenvalue weighted by Crippen LogP contribution is 2.48. The fourth-order valence-corrected chi connectivity index (χ4v) is 3.69. The Kier molecular flexibility index (Phi) is 4.61. The van der Waals surface area contributed by atoms with Gasteiger partial charge in [-0.2, -0.15) is 5.26 Å². The van der Waals surface area contributed by atoms with Crippen LogP contribution in [0.1, 0.15) is 17.0 Å². The number of nitriles is 1. The number of ether oxygens (including phenoxy) is 4. The highest BCUT2D eigenvalue weighted by atomic mass is 16.5. The van der Waals surface area contributed by atoms with Crippen LogP contribution in [0.2, 0.25) is 0 Å². The van der Waals surface area contributed by atoms with Crippen molar-refractivity contribution in [2.45, 2.75) is 5.92 Å². The van der Waals surface area contributed by atoms with E-state index in [-0.39, 0.29) is 5.88 Å². The minimum absolute atomic E-state index is 0.0723. The lowest BCUT2D eigenvalue weighted by molar-refractivity contribution is 0.323. The number of nitrogens with two attached hydrogens (primary N) is 1. The fourth-order valence-electron chi connectivity index (χ4n) is 3.69. The maximum Gasteiger partial charge on any atom is 0.205 e. The van der Waals surface area contributed by atoms with Crippen molar-refractivity contribution in [3.8, 4) is 29.1 Å². The van der Waals surface area contributed by atoms with Gasteiger partial charge in [0.15, 0.2) is 11.5 Å². The molecule has 146 valence electrons. The molecule has 1 unspecified atom stereocenters. The molecule has 1 atom stereocenters. The number of aromatic nitrogens is 1. The van der Waals surface area contributed by atoms with Crippen molar-refractivity contribution in [1.82, 2.24) is 4.98 Å². The molecule has 0 saturated heterocycles. The Labute approximate surface area is 167 Å². The van der Waals surface area contributed by atoms with Crippen LogP contribution in [0.5, 0.6) is 23.0 Å². The van der Waals surface area contributed by atoms with Gasteiger partial charge in [-0.15, -0.1) is 0 Å². The lowest BCUT2D eigenvalue weighted by Gasteiger charge is -2.28. The summed E-state index contributed by atoms with van der Waals surface area (Å²) < 4.78 is 22.3. The number of hydrogen-bond donors (Lipinski definition) is 1. The number of fused-ring (bicyclic) bond motifs is 3. The molecule has 0 aliphatic carbocycles. The van der Waals surface area contributed by atoms with Gasteiger partial charge in [0.05, 0.1) is 27.2 Å². The van der Waals surface area contributed by atoms with Crippen LogP contribution in [0.3, 0.4) is 0 Å². The second-order valence-electron chi connectivity index (χ2n) is 6.46. The van der Waals surface area contributed by atoms with Crippen LogP contribution in [0, 0.1) is 11.3 Å². The molecule has 3 aromatic rings. The first kappa shape index (κ1) is 18.4. The number of pyridine rings is 1. The zero-order chi connectivity index (χ0) is 20.5. The van der Waals surface area contributed by atoms with Gasteiger partial charge >= 0.3 is 0 Å². The Morgan fingerprint density at radius 3 is 2.41 bits per heavy atom. The molecule has 2 heterocycles. The largest absolute Gasteiger partial charge is 0.493 e. The molecule has 0 saturated carbocycles. The van der Waals surface area contributed by atoms with Gasteiger partial charge < -0.3 is 24.7 Å². The van der Waals surface area contributed by atoms with Crippen molar-refractivity contribution >= 4 is 10.8 Å². The van der Waals surface area contributed by atoms with Crippen LogP contribution in [-0.4, -0.2) is 26.3 Å². The molecule has 1 aliphatic rings. The van der Waals surface area contributed by atoms with Gasteiger partial charge in [0.2, 0.25) is 11.6 Å². The molecule has 29 heavy (non-hydrogen) atoms. The van der Waals surface area contributed by atoms with Gasteiger partial charge in [0.25, 0.3) is 0 Å². The number of benzene rings is 2. The van der Waals surface area contributed by atoms with Crippen LogP contribution in [-0.2, 0) is 0 Å². The second-order valence-corrected chi connectivity index (χ2v) is 6.46. The van der Waals surface area contributed by atoms with Crippen LogP contribution in [0.4, 0.5) is 0 Å². The van der Waals surface area contributed by atoms with Gasteiger partial charge in [-0.25, -0.2) is 0 Å². The zero-order valence-corrected chi connectivity index (χ0v) is 16.2. The smallest absolute Gasteiger partial charge is 0.205 e.